The van der Waals surface area contributed by atoms with Crippen molar-refractivity contribution >= 4 is 17.6 Å². The van der Waals surface area contributed by atoms with Crippen LogP contribution in [0, 0.1) is 6.92 Å². The molecule has 1 aliphatic heterocycles. The maximum absolute atomic E-state index is 12.1. The van der Waals surface area contributed by atoms with Crippen LogP contribution < -0.4 is 15.0 Å². The smallest absolute Gasteiger partial charge is 0.331 e. The lowest BCUT2D eigenvalue weighted by Crippen LogP contribution is -2.45. The summed E-state index contributed by atoms with van der Waals surface area (Å²) in [5.41, 5.74) is 1.83. The Kier molecular flexibility index (Phi) is 3.82. The molecule has 3 rings (SSSR count). The Morgan fingerprint density at radius 1 is 1.38 bits per heavy atom. The van der Waals surface area contributed by atoms with Crippen LogP contribution in [0.25, 0.3) is 0 Å². The first-order chi connectivity index (χ1) is 10.1. The molecular weight excluding hydrogens is 268 g/mol. The molecule has 2 aliphatic rings. The quantitative estimate of drug-likeness (QED) is 0.680. The highest BCUT2D eigenvalue weighted by Crippen LogP contribution is 2.32. The summed E-state index contributed by atoms with van der Waals surface area (Å²) in [5, 5.41) is 3.05. The van der Waals surface area contributed by atoms with Crippen LogP contribution in [0.2, 0.25) is 0 Å². The SMILES string of the molecule is Cc1ccc2c(c1)OC(=O)CN2CC(=O)NC1CCCC1. The fraction of sp³-hybridized carbons (Fsp3) is 0.500. The summed E-state index contributed by atoms with van der Waals surface area (Å²) in [6.45, 7) is 2.26. The van der Waals surface area contributed by atoms with Crippen LogP contribution in [0.1, 0.15) is 31.2 Å². The van der Waals surface area contributed by atoms with Crippen LogP contribution in [0.4, 0.5) is 5.69 Å². The van der Waals surface area contributed by atoms with Crippen molar-refractivity contribution in [2.75, 3.05) is 18.0 Å². The molecule has 0 atom stereocenters. The van der Waals surface area contributed by atoms with Crippen molar-refractivity contribution in [2.45, 2.75) is 38.6 Å². The molecule has 1 saturated carbocycles. The maximum atomic E-state index is 12.1. The number of hydrogen-bond donors (Lipinski definition) is 1. The van der Waals surface area contributed by atoms with E-state index in [0.717, 1.165) is 24.1 Å². The van der Waals surface area contributed by atoms with Gasteiger partial charge in [0.15, 0.2) is 5.75 Å². The number of carbonyl (C=O) groups excluding carboxylic acids is 2. The Balaban J connectivity index is 1.70. The van der Waals surface area contributed by atoms with Crippen LogP contribution >= 0.6 is 0 Å². The zero-order valence-corrected chi connectivity index (χ0v) is 12.2. The topological polar surface area (TPSA) is 58.6 Å². The molecule has 0 aromatic heterocycles. The summed E-state index contributed by atoms with van der Waals surface area (Å²) in [6, 6.07) is 5.99. The minimum Gasteiger partial charge on any atom is -0.423 e. The lowest BCUT2D eigenvalue weighted by atomic mass is 10.1. The number of nitrogens with zero attached hydrogens (tertiary/aromatic N) is 1. The van der Waals surface area contributed by atoms with Gasteiger partial charge >= 0.3 is 5.97 Å². The number of benzene rings is 1. The van der Waals surface area contributed by atoms with Crippen LogP contribution in [0.5, 0.6) is 5.75 Å². The Morgan fingerprint density at radius 3 is 2.90 bits per heavy atom. The average Bonchev–Trinajstić information content (AvgIpc) is 2.90. The highest BCUT2D eigenvalue weighted by Gasteiger charge is 2.26. The number of anilines is 1. The van der Waals surface area contributed by atoms with E-state index in [2.05, 4.69) is 5.32 Å². The molecule has 0 spiro atoms. The van der Waals surface area contributed by atoms with Gasteiger partial charge in [-0.15, -0.1) is 0 Å². The van der Waals surface area contributed by atoms with Gasteiger partial charge in [-0.2, -0.15) is 0 Å². The molecule has 0 radical (unpaired) electrons. The second-order valence-electron chi connectivity index (χ2n) is 5.85. The van der Waals surface area contributed by atoms with E-state index >= 15 is 0 Å². The molecule has 1 aliphatic carbocycles. The first kappa shape index (κ1) is 13.9. The maximum Gasteiger partial charge on any atom is 0.331 e. The van der Waals surface area contributed by atoms with Crippen LogP contribution in [-0.4, -0.2) is 31.0 Å². The van der Waals surface area contributed by atoms with E-state index < -0.39 is 0 Å². The molecule has 1 heterocycles. The lowest BCUT2D eigenvalue weighted by molar-refractivity contribution is -0.133. The molecule has 5 heteroatoms. The molecule has 21 heavy (non-hydrogen) atoms. The minimum absolute atomic E-state index is 0.0249. The van der Waals surface area contributed by atoms with Gasteiger partial charge in [-0.25, -0.2) is 4.79 Å². The summed E-state index contributed by atoms with van der Waals surface area (Å²) in [7, 11) is 0. The summed E-state index contributed by atoms with van der Waals surface area (Å²) in [4.78, 5) is 25.6. The third-order valence-corrected chi connectivity index (χ3v) is 4.05. The number of ether oxygens (including phenoxy) is 1. The number of esters is 1. The van der Waals surface area contributed by atoms with Gasteiger partial charge in [0.25, 0.3) is 0 Å². The minimum atomic E-state index is -0.318. The van der Waals surface area contributed by atoms with E-state index in [9.17, 15) is 9.59 Å². The van der Waals surface area contributed by atoms with Gasteiger partial charge in [0, 0.05) is 6.04 Å². The standard InChI is InChI=1S/C16H20N2O3/c1-11-6-7-13-14(8-11)21-16(20)10-18(13)9-15(19)17-12-4-2-3-5-12/h6-8,12H,2-5,9-10H2,1H3,(H,17,19). The largest absolute Gasteiger partial charge is 0.423 e. The van der Waals surface area contributed by atoms with Crippen LogP contribution in [0.3, 0.4) is 0 Å². The van der Waals surface area contributed by atoms with Gasteiger partial charge in [-0.05, 0) is 37.5 Å². The molecule has 1 aromatic rings. The summed E-state index contributed by atoms with van der Waals surface area (Å²) < 4.78 is 5.25. The van der Waals surface area contributed by atoms with Crippen molar-refractivity contribution in [3.05, 3.63) is 23.8 Å². The van der Waals surface area contributed by atoms with Crippen LogP contribution in [0.15, 0.2) is 18.2 Å². The molecule has 1 aromatic carbocycles. The molecule has 1 fully saturated rings. The monoisotopic (exact) mass is 288 g/mol. The Bertz CT molecular complexity index is 565. The lowest BCUT2D eigenvalue weighted by Gasteiger charge is -2.29. The molecule has 1 N–H and O–H groups in total. The first-order valence-corrected chi connectivity index (χ1v) is 7.47. The van der Waals surface area contributed by atoms with Crippen molar-refractivity contribution in [2.24, 2.45) is 0 Å². The predicted octanol–water partition coefficient (Wildman–Crippen LogP) is 1.78. The van der Waals surface area contributed by atoms with Gasteiger partial charge in [-0.3, -0.25) is 4.79 Å². The Labute approximate surface area is 124 Å². The van der Waals surface area contributed by atoms with Gasteiger partial charge in [0.05, 0.1) is 12.2 Å². The van der Waals surface area contributed by atoms with Crippen molar-refractivity contribution in [3.8, 4) is 5.75 Å². The second-order valence-corrected chi connectivity index (χ2v) is 5.85. The number of hydrogen-bond acceptors (Lipinski definition) is 4. The number of fused-ring (bicyclic) bond motifs is 1. The van der Waals surface area contributed by atoms with E-state index in [-0.39, 0.29) is 25.0 Å². The summed E-state index contributed by atoms with van der Waals surface area (Å²) in [5.74, 6) is 0.199. The molecule has 0 saturated heterocycles. The second kappa shape index (κ2) is 5.76. The number of rotatable bonds is 3. The van der Waals surface area contributed by atoms with Crippen molar-refractivity contribution < 1.29 is 14.3 Å². The van der Waals surface area contributed by atoms with E-state index in [1.807, 2.05) is 25.1 Å². The van der Waals surface area contributed by atoms with Crippen molar-refractivity contribution in [1.82, 2.24) is 5.32 Å². The van der Waals surface area contributed by atoms with Gasteiger partial charge in [0.2, 0.25) is 5.91 Å². The van der Waals surface area contributed by atoms with E-state index in [0.29, 0.717) is 11.8 Å². The van der Waals surface area contributed by atoms with E-state index in [4.69, 9.17) is 4.74 Å². The zero-order chi connectivity index (χ0) is 14.8. The van der Waals surface area contributed by atoms with Gasteiger partial charge in [0.1, 0.15) is 6.54 Å². The van der Waals surface area contributed by atoms with Crippen molar-refractivity contribution in [3.63, 3.8) is 0 Å². The number of aryl methyl sites for hydroxylation is 1. The van der Waals surface area contributed by atoms with E-state index in [1.54, 1.807) is 4.90 Å². The third-order valence-electron chi connectivity index (χ3n) is 4.05. The predicted molar refractivity (Wildman–Crippen MR) is 79.4 cm³/mol. The highest BCUT2D eigenvalue weighted by molar-refractivity contribution is 5.89. The molecule has 112 valence electrons. The number of nitrogens with one attached hydrogen (secondary N) is 1. The summed E-state index contributed by atoms with van der Waals surface area (Å²) in [6.07, 6.45) is 4.49. The molecule has 1 amide bonds. The fourth-order valence-corrected chi connectivity index (χ4v) is 3.02. The average molecular weight is 288 g/mol. The third kappa shape index (κ3) is 3.17. The van der Waals surface area contributed by atoms with Crippen LogP contribution in [-0.2, 0) is 9.59 Å². The first-order valence-electron chi connectivity index (χ1n) is 7.47. The highest BCUT2D eigenvalue weighted by atomic mass is 16.5. The van der Waals surface area contributed by atoms with Gasteiger partial charge in [-0.1, -0.05) is 18.9 Å². The van der Waals surface area contributed by atoms with Gasteiger partial charge < -0.3 is 15.0 Å². The molecule has 0 bridgehead atoms. The zero-order valence-electron chi connectivity index (χ0n) is 12.2. The molecule has 5 nitrogen and oxygen atoms in total. The Morgan fingerprint density at radius 2 is 2.14 bits per heavy atom. The molecular formula is C16H20N2O3. The number of carbonyl (C=O) groups is 2. The fourth-order valence-electron chi connectivity index (χ4n) is 3.02. The number of amides is 1. The Hall–Kier alpha value is -2.04. The van der Waals surface area contributed by atoms with Crippen molar-refractivity contribution in [1.29, 1.82) is 0 Å². The molecule has 0 unspecified atom stereocenters. The van der Waals surface area contributed by atoms with E-state index in [1.165, 1.54) is 12.8 Å². The summed E-state index contributed by atoms with van der Waals surface area (Å²) >= 11 is 0. The normalized spacial score (nSPS) is 18.3.